The molecule has 0 aromatic carbocycles. The van der Waals surface area contributed by atoms with E-state index in [2.05, 4.69) is 0 Å². The smallest absolute Gasteiger partial charge is 0.305 e. The van der Waals surface area contributed by atoms with Crippen LogP contribution in [0.3, 0.4) is 0 Å². The molecule has 27 heteroatoms. The first-order chi connectivity index (χ1) is 31.3. The number of carbonyl (C=O) groups excluding carboxylic acids is 11. The lowest BCUT2D eigenvalue weighted by atomic mass is 9.95. The highest BCUT2D eigenvalue weighted by Gasteiger charge is 2.60. The Morgan fingerprint density at radius 3 is 0.776 bits per heavy atom. The van der Waals surface area contributed by atoms with Crippen LogP contribution in [0.15, 0.2) is 0 Å². The van der Waals surface area contributed by atoms with E-state index in [9.17, 15) is 52.7 Å². The molecule has 3 saturated heterocycles. The van der Waals surface area contributed by atoms with Crippen molar-refractivity contribution in [3.63, 3.8) is 0 Å². The minimum Gasteiger partial charge on any atom is -0.463 e. The average Bonchev–Trinajstić information content (AvgIpc) is 3.17. The summed E-state index contributed by atoms with van der Waals surface area (Å²) >= 11 is 0. The molecule has 15 atom stereocenters. The summed E-state index contributed by atoms with van der Waals surface area (Å²) in [4.78, 5) is 137. The van der Waals surface area contributed by atoms with E-state index in [0.717, 1.165) is 76.2 Å². The Labute approximate surface area is 382 Å². The van der Waals surface area contributed by atoms with Crippen LogP contribution in [0.25, 0.3) is 0 Å². The molecule has 0 saturated carbocycles. The zero-order valence-electron chi connectivity index (χ0n) is 38.3. The van der Waals surface area contributed by atoms with Gasteiger partial charge in [0.1, 0.15) is 50.3 Å². The van der Waals surface area contributed by atoms with Crippen LogP contribution in [0.4, 0.5) is 0 Å². The molecule has 3 aliphatic rings. The maximum atomic E-state index is 13.0. The van der Waals surface area contributed by atoms with Gasteiger partial charge in [-0.2, -0.15) is 0 Å². The van der Waals surface area contributed by atoms with Crippen LogP contribution in [0.1, 0.15) is 76.2 Å². The zero-order chi connectivity index (χ0) is 50.4. The summed E-state index contributed by atoms with van der Waals surface area (Å²) in [7, 11) is 0. The van der Waals surface area contributed by atoms with E-state index < -0.39 is 178 Å². The lowest BCUT2D eigenvalue weighted by Gasteiger charge is -2.50. The molecule has 3 fully saturated rings. The van der Waals surface area contributed by atoms with Crippen molar-refractivity contribution in [3.05, 3.63) is 0 Å². The molecule has 0 spiro atoms. The summed E-state index contributed by atoms with van der Waals surface area (Å²) < 4.78 is 90.4. The molecular weight excluding hydrogens is 912 g/mol. The van der Waals surface area contributed by atoms with Gasteiger partial charge in [-0.15, -0.1) is 0 Å². The Kier molecular flexibility index (Phi) is 20.8. The van der Waals surface area contributed by atoms with Gasteiger partial charge in [0.05, 0.1) is 0 Å². The highest BCUT2D eigenvalue weighted by Crippen LogP contribution is 2.38. The van der Waals surface area contributed by atoms with Crippen molar-refractivity contribution in [1.29, 1.82) is 0 Å². The van der Waals surface area contributed by atoms with Crippen molar-refractivity contribution < 1.29 is 129 Å². The second-order valence-electron chi connectivity index (χ2n) is 14.9. The summed E-state index contributed by atoms with van der Waals surface area (Å²) in [5, 5.41) is 0. The van der Waals surface area contributed by atoms with Crippen LogP contribution in [-0.4, -0.2) is 178 Å². The van der Waals surface area contributed by atoms with Crippen LogP contribution in [-0.2, 0) is 129 Å². The van der Waals surface area contributed by atoms with Gasteiger partial charge in [0.25, 0.3) is 0 Å². The molecule has 1 unspecified atom stereocenters. The third kappa shape index (κ3) is 17.0. The van der Waals surface area contributed by atoms with E-state index in [4.69, 9.17) is 75.8 Å². The first-order valence-electron chi connectivity index (χ1n) is 20.3. The predicted octanol–water partition coefficient (Wildman–Crippen LogP) is -1.29. The Morgan fingerprint density at radius 2 is 0.493 bits per heavy atom. The molecule has 0 aromatic rings. The van der Waals surface area contributed by atoms with Crippen molar-refractivity contribution in [1.82, 2.24) is 0 Å². The van der Waals surface area contributed by atoms with E-state index in [-0.39, 0.29) is 0 Å². The van der Waals surface area contributed by atoms with Gasteiger partial charge in [-0.25, -0.2) is 0 Å². The van der Waals surface area contributed by atoms with Gasteiger partial charge in [0.15, 0.2) is 49.2 Å². The van der Waals surface area contributed by atoms with Crippen molar-refractivity contribution in [2.45, 2.75) is 168 Å². The Hall–Kier alpha value is -6.03. The van der Waals surface area contributed by atoms with Gasteiger partial charge >= 0.3 is 65.7 Å². The highest BCUT2D eigenvalue weighted by molar-refractivity contribution is 5.70. The molecule has 3 heterocycles. The Bertz CT molecular complexity index is 1850. The number of rotatable bonds is 18. The molecule has 0 amide bonds. The van der Waals surface area contributed by atoms with Crippen LogP contribution in [0.5, 0.6) is 0 Å². The largest absolute Gasteiger partial charge is 0.463 e. The highest BCUT2D eigenvalue weighted by atomic mass is 16.8. The minimum atomic E-state index is -2.06. The molecule has 0 N–H and O–H groups in total. The van der Waals surface area contributed by atoms with Crippen LogP contribution in [0, 0.1) is 0 Å². The SMILES string of the molecule is CC(=O)OC[C@H]1O[C@H](O[C@H]2[C@H](OC(C)=O)[C@@H](OC(C)=O)[C@@H](O[C@H]3[C@H](OC(C)=O)[C@@H](OC(C)=O)C(OC(C)=O)O[C@@H]3COC(C)=O)O[C@@H]2COC(C)=O)[C@H](OC(C)=O)[C@@H](OC(C)=O)[C@@H]1OC(C)=O. The fraction of sp³-hybridized carbons (Fsp3) is 0.725. The number of carbonyl (C=O) groups is 11. The maximum absolute atomic E-state index is 13.0. The van der Waals surface area contributed by atoms with Crippen molar-refractivity contribution in [2.24, 2.45) is 0 Å². The van der Waals surface area contributed by atoms with Gasteiger partial charge in [-0.3, -0.25) is 52.7 Å². The molecular formula is C40H54O27. The van der Waals surface area contributed by atoms with Crippen LogP contribution >= 0.6 is 0 Å². The third-order valence-electron chi connectivity index (χ3n) is 9.11. The van der Waals surface area contributed by atoms with Crippen LogP contribution in [0.2, 0.25) is 0 Å². The standard InChI is InChI=1S/C40H54O27/c1-15(41)52-12-26-29(55-18(4)44)32(56-19(5)45)36(60-23(9)49)39(64-26)67-31-28(14-54-17(3)43)65-40(37(61-24(10)50)34(31)58-21(7)47)66-30-27(13-53-16(2)42)63-38(62-25(11)51)35(59-22(8)48)33(30)57-20(6)46/h26-40H,12-14H2,1-11H3/t26-,27-,28-,29-,30-,31-,32+,33+,34+,35-,36-,37-,38?,39-,40-/m1/s1. The van der Waals surface area contributed by atoms with Gasteiger partial charge in [-0.05, 0) is 0 Å². The molecule has 0 aliphatic carbocycles. The summed E-state index contributed by atoms with van der Waals surface area (Å²) in [6.07, 6.45) is -27.3. The summed E-state index contributed by atoms with van der Waals surface area (Å²) in [6, 6.07) is 0. The van der Waals surface area contributed by atoms with Crippen molar-refractivity contribution >= 4 is 65.7 Å². The second-order valence-corrected chi connectivity index (χ2v) is 14.9. The number of hydrogen-bond donors (Lipinski definition) is 0. The molecule has 3 rings (SSSR count). The Balaban J connectivity index is 2.31. The molecule has 27 nitrogen and oxygen atoms in total. The number of hydrogen-bond acceptors (Lipinski definition) is 27. The lowest BCUT2D eigenvalue weighted by molar-refractivity contribution is -0.378. The monoisotopic (exact) mass is 966 g/mol. The molecule has 0 radical (unpaired) electrons. The van der Waals surface area contributed by atoms with E-state index >= 15 is 0 Å². The molecule has 0 aromatic heterocycles. The van der Waals surface area contributed by atoms with E-state index in [1.54, 1.807) is 0 Å². The van der Waals surface area contributed by atoms with Gasteiger partial charge in [-0.1, -0.05) is 0 Å². The topological polar surface area (TPSA) is 335 Å². The predicted molar refractivity (Wildman–Crippen MR) is 206 cm³/mol. The van der Waals surface area contributed by atoms with E-state index in [0.29, 0.717) is 0 Å². The summed E-state index contributed by atoms with van der Waals surface area (Å²) in [6.45, 7) is 8.53. The lowest BCUT2D eigenvalue weighted by Crippen LogP contribution is -2.69. The van der Waals surface area contributed by atoms with E-state index in [1.165, 1.54) is 0 Å². The first kappa shape index (κ1) is 55.3. The van der Waals surface area contributed by atoms with Crippen molar-refractivity contribution in [3.8, 4) is 0 Å². The average molecular weight is 967 g/mol. The number of ether oxygens (including phenoxy) is 16. The second kappa shape index (κ2) is 25.2. The maximum Gasteiger partial charge on any atom is 0.305 e. The first-order valence-corrected chi connectivity index (χ1v) is 20.3. The third-order valence-corrected chi connectivity index (χ3v) is 9.11. The molecule has 376 valence electrons. The van der Waals surface area contributed by atoms with Crippen LogP contribution < -0.4 is 0 Å². The van der Waals surface area contributed by atoms with Gasteiger partial charge < -0.3 is 75.8 Å². The fourth-order valence-electron chi connectivity index (χ4n) is 7.01. The fourth-order valence-corrected chi connectivity index (χ4v) is 7.01. The van der Waals surface area contributed by atoms with Gasteiger partial charge in [0.2, 0.25) is 12.4 Å². The molecule has 3 aliphatic heterocycles. The van der Waals surface area contributed by atoms with Crippen molar-refractivity contribution in [2.75, 3.05) is 19.8 Å². The number of esters is 11. The zero-order valence-corrected chi connectivity index (χ0v) is 38.3. The normalized spacial score (nSPS) is 31.2. The van der Waals surface area contributed by atoms with E-state index in [1.807, 2.05) is 0 Å². The Morgan fingerprint density at radius 1 is 0.269 bits per heavy atom. The quantitative estimate of drug-likeness (QED) is 0.114. The minimum absolute atomic E-state index is 0.691. The summed E-state index contributed by atoms with van der Waals surface area (Å²) in [5.41, 5.74) is 0. The molecule has 67 heavy (non-hydrogen) atoms. The van der Waals surface area contributed by atoms with Gasteiger partial charge in [0, 0.05) is 76.2 Å². The molecule has 0 bridgehead atoms. The summed E-state index contributed by atoms with van der Waals surface area (Å²) in [5.74, 6) is -10.7.